The highest BCUT2D eigenvalue weighted by Gasteiger charge is 2.43. The van der Waals surface area contributed by atoms with Gasteiger partial charge in [-0.05, 0) is 37.8 Å². The lowest BCUT2D eigenvalue weighted by Crippen LogP contribution is -2.29. The number of aryl methyl sites for hydroxylation is 1. The second-order valence-corrected chi connectivity index (χ2v) is 5.67. The quantitative estimate of drug-likeness (QED) is 0.798. The van der Waals surface area contributed by atoms with E-state index in [1.807, 2.05) is 0 Å². The summed E-state index contributed by atoms with van der Waals surface area (Å²) < 4.78 is 0. The lowest BCUT2D eigenvalue weighted by Gasteiger charge is -2.17. The zero-order chi connectivity index (χ0) is 11.6. The van der Waals surface area contributed by atoms with Crippen LogP contribution in [0.5, 0.6) is 0 Å². The maximum Gasteiger partial charge on any atom is 0.00784 e. The number of rotatable bonds is 5. The Morgan fingerprint density at radius 1 is 1.19 bits per heavy atom. The third-order valence-electron chi connectivity index (χ3n) is 3.53. The van der Waals surface area contributed by atoms with Crippen LogP contribution in [0.2, 0.25) is 0 Å². The van der Waals surface area contributed by atoms with Gasteiger partial charge in [0.15, 0.2) is 0 Å². The molecule has 1 nitrogen and oxygen atoms in total. The fourth-order valence-electron chi connectivity index (χ4n) is 2.23. The van der Waals surface area contributed by atoms with E-state index in [4.69, 9.17) is 0 Å². The monoisotopic (exact) mass is 217 g/mol. The van der Waals surface area contributed by atoms with Crippen molar-refractivity contribution in [1.29, 1.82) is 0 Å². The molecule has 1 aromatic rings. The van der Waals surface area contributed by atoms with E-state index in [0.29, 0.717) is 5.41 Å². The van der Waals surface area contributed by atoms with Crippen molar-refractivity contribution in [1.82, 2.24) is 5.32 Å². The number of hydrogen-bond donors (Lipinski definition) is 1. The molecule has 0 aliphatic heterocycles. The topological polar surface area (TPSA) is 12.0 Å². The zero-order valence-corrected chi connectivity index (χ0v) is 10.7. The molecule has 0 bridgehead atoms. The van der Waals surface area contributed by atoms with Gasteiger partial charge in [-0.2, -0.15) is 0 Å². The van der Waals surface area contributed by atoms with E-state index >= 15 is 0 Å². The molecule has 1 aliphatic rings. The minimum absolute atomic E-state index is 0.461. The summed E-state index contributed by atoms with van der Waals surface area (Å²) in [5.74, 6) is 0.744. The van der Waals surface area contributed by atoms with Crippen LogP contribution in [0.1, 0.15) is 37.8 Å². The zero-order valence-electron chi connectivity index (χ0n) is 10.7. The average molecular weight is 217 g/mol. The number of hydrogen-bond acceptors (Lipinski definition) is 1. The number of benzene rings is 1. The Morgan fingerprint density at radius 2 is 1.81 bits per heavy atom. The van der Waals surface area contributed by atoms with Crippen LogP contribution in [0, 0.1) is 12.8 Å². The molecule has 1 fully saturated rings. The molecule has 0 aromatic heterocycles. The van der Waals surface area contributed by atoms with Gasteiger partial charge in [-0.3, -0.25) is 0 Å². The van der Waals surface area contributed by atoms with Gasteiger partial charge >= 0.3 is 0 Å². The highest BCUT2D eigenvalue weighted by atomic mass is 14.9. The van der Waals surface area contributed by atoms with E-state index in [-0.39, 0.29) is 0 Å². The van der Waals surface area contributed by atoms with Gasteiger partial charge in [0.25, 0.3) is 0 Å². The molecular weight excluding hydrogens is 194 g/mol. The predicted molar refractivity (Wildman–Crippen MR) is 69.8 cm³/mol. The Bertz CT molecular complexity index is 333. The molecule has 88 valence electrons. The first kappa shape index (κ1) is 11.7. The Balaban J connectivity index is 1.95. The van der Waals surface area contributed by atoms with Gasteiger partial charge in [-0.25, -0.2) is 0 Å². The highest BCUT2D eigenvalue weighted by Crippen LogP contribution is 2.47. The van der Waals surface area contributed by atoms with Crippen molar-refractivity contribution in [3.05, 3.63) is 35.4 Å². The second-order valence-electron chi connectivity index (χ2n) is 5.67. The predicted octanol–water partition coefficient (Wildman–Crippen LogP) is 3.27. The van der Waals surface area contributed by atoms with Gasteiger partial charge in [0, 0.05) is 12.0 Å². The van der Waals surface area contributed by atoms with Crippen LogP contribution in [0.3, 0.4) is 0 Å². The largest absolute Gasteiger partial charge is 0.316 e. The Kier molecular flexibility index (Phi) is 3.34. The normalized spacial score (nSPS) is 17.8. The maximum absolute atomic E-state index is 3.60. The summed E-state index contributed by atoms with van der Waals surface area (Å²) in [6.45, 7) is 8.96. The average Bonchev–Trinajstić information content (AvgIpc) is 2.99. The number of nitrogens with one attached hydrogen (secondary N) is 1. The van der Waals surface area contributed by atoms with Crippen LogP contribution in [0.25, 0.3) is 0 Å². The lowest BCUT2D eigenvalue weighted by molar-refractivity contribution is 0.509. The van der Waals surface area contributed by atoms with E-state index in [2.05, 4.69) is 50.4 Å². The molecule has 1 saturated carbocycles. The summed E-state index contributed by atoms with van der Waals surface area (Å²) in [6, 6.07) is 9.08. The molecule has 1 aliphatic carbocycles. The summed E-state index contributed by atoms with van der Waals surface area (Å²) in [7, 11) is 0. The van der Waals surface area contributed by atoms with Crippen LogP contribution in [0.15, 0.2) is 24.3 Å². The summed E-state index contributed by atoms with van der Waals surface area (Å²) >= 11 is 0. The molecule has 0 unspecified atom stereocenters. The van der Waals surface area contributed by atoms with Crippen molar-refractivity contribution in [3.63, 3.8) is 0 Å². The van der Waals surface area contributed by atoms with Gasteiger partial charge in [0.2, 0.25) is 0 Å². The van der Waals surface area contributed by atoms with Crippen molar-refractivity contribution in [2.75, 3.05) is 13.1 Å². The minimum Gasteiger partial charge on any atom is -0.316 e. The van der Waals surface area contributed by atoms with Gasteiger partial charge in [0.05, 0.1) is 0 Å². The molecule has 0 spiro atoms. The molecule has 1 aromatic carbocycles. The molecular formula is C15H23N. The first-order chi connectivity index (χ1) is 7.62. The third kappa shape index (κ3) is 2.65. The van der Waals surface area contributed by atoms with Crippen molar-refractivity contribution < 1.29 is 0 Å². The molecule has 2 rings (SSSR count). The van der Waals surface area contributed by atoms with Crippen LogP contribution < -0.4 is 5.32 Å². The molecule has 0 atom stereocenters. The standard InChI is InChI=1S/C15H23N/c1-12(2)10-16-11-15(8-9-15)14-6-4-13(3)5-7-14/h4-7,12,16H,8-11H2,1-3H3. The van der Waals surface area contributed by atoms with E-state index in [1.54, 1.807) is 0 Å². The lowest BCUT2D eigenvalue weighted by atomic mass is 9.95. The van der Waals surface area contributed by atoms with Gasteiger partial charge in [0.1, 0.15) is 0 Å². The van der Waals surface area contributed by atoms with Crippen LogP contribution in [0.4, 0.5) is 0 Å². The van der Waals surface area contributed by atoms with E-state index in [0.717, 1.165) is 19.0 Å². The summed E-state index contributed by atoms with van der Waals surface area (Å²) in [5.41, 5.74) is 3.34. The summed E-state index contributed by atoms with van der Waals surface area (Å²) in [6.07, 6.45) is 2.70. The van der Waals surface area contributed by atoms with E-state index < -0.39 is 0 Å². The Hall–Kier alpha value is -0.820. The fourth-order valence-corrected chi connectivity index (χ4v) is 2.23. The third-order valence-corrected chi connectivity index (χ3v) is 3.53. The van der Waals surface area contributed by atoms with Crippen LogP contribution >= 0.6 is 0 Å². The molecule has 0 amide bonds. The highest BCUT2D eigenvalue weighted by molar-refractivity contribution is 5.33. The van der Waals surface area contributed by atoms with Gasteiger partial charge in [-0.15, -0.1) is 0 Å². The first-order valence-electron chi connectivity index (χ1n) is 6.40. The first-order valence-corrected chi connectivity index (χ1v) is 6.40. The smallest absolute Gasteiger partial charge is 0.00784 e. The minimum atomic E-state index is 0.461. The van der Waals surface area contributed by atoms with Crippen LogP contribution in [-0.2, 0) is 5.41 Å². The van der Waals surface area contributed by atoms with Crippen molar-refractivity contribution in [2.24, 2.45) is 5.92 Å². The van der Waals surface area contributed by atoms with Crippen molar-refractivity contribution >= 4 is 0 Å². The molecule has 1 N–H and O–H groups in total. The molecule has 0 radical (unpaired) electrons. The van der Waals surface area contributed by atoms with Crippen molar-refractivity contribution in [2.45, 2.75) is 39.0 Å². The van der Waals surface area contributed by atoms with Crippen LogP contribution in [-0.4, -0.2) is 13.1 Å². The summed E-state index contributed by atoms with van der Waals surface area (Å²) in [4.78, 5) is 0. The van der Waals surface area contributed by atoms with Gasteiger partial charge in [-0.1, -0.05) is 43.7 Å². The SMILES string of the molecule is Cc1ccc(C2(CNCC(C)C)CC2)cc1. The second kappa shape index (κ2) is 4.58. The van der Waals surface area contributed by atoms with Crippen molar-refractivity contribution in [3.8, 4) is 0 Å². The molecule has 0 heterocycles. The van der Waals surface area contributed by atoms with E-state index in [1.165, 1.54) is 24.0 Å². The maximum atomic E-state index is 3.60. The molecule has 0 saturated heterocycles. The fraction of sp³-hybridized carbons (Fsp3) is 0.600. The van der Waals surface area contributed by atoms with Gasteiger partial charge < -0.3 is 5.32 Å². The summed E-state index contributed by atoms with van der Waals surface area (Å²) in [5, 5.41) is 3.60. The Morgan fingerprint density at radius 3 is 2.31 bits per heavy atom. The Labute approximate surface area is 99.3 Å². The molecule has 16 heavy (non-hydrogen) atoms. The van der Waals surface area contributed by atoms with E-state index in [9.17, 15) is 0 Å². The molecule has 1 heteroatoms.